The third kappa shape index (κ3) is 5.46. The van der Waals surface area contributed by atoms with Gasteiger partial charge < -0.3 is 15.0 Å². The summed E-state index contributed by atoms with van der Waals surface area (Å²) < 4.78 is 14.9. The first-order valence-corrected chi connectivity index (χ1v) is 12.3. The number of aromatic nitrogens is 1. The van der Waals surface area contributed by atoms with Gasteiger partial charge in [0.2, 0.25) is 5.91 Å². The molecule has 0 saturated carbocycles. The minimum atomic E-state index is -1.95. The van der Waals surface area contributed by atoms with Crippen molar-refractivity contribution in [2.24, 2.45) is 5.10 Å². The molecule has 0 saturated heterocycles. The number of rotatable bonds is 8. The fraction of sp³-hybridized carbons (Fsp3) is 0.0645. The maximum atomic E-state index is 13.3. The Morgan fingerprint density at radius 2 is 1.44 bits per heavy atom. The molecule has 1 heterocycles. The van der Waals surface area contributed by atoms with Crippen molar-refractivity contribution in [3.63, 3.8) is 0 Å². The number of carbonyl (C=O) groups excluding carboxylic acids is 2. The van der Waals surface area contributed by atoms with Crippen molar-refractivity contribution in [3.8, 4) is 0 Å². The molecule has 0 unspecified atom stereocenters. The van der Waals surface area contributed by atoms with Gasteiger partial charge in [0.15, 0.2) is 5.60 Å². The lowest BCUT2D eigenvalue weighted by Crippen LogP contribution is -2.43. The summed E-state index contributed by atoms with van der Waals surface area (Å²) in [4.78, 5) is 26.0. The Balaban J connectivity index is 1.37. The van der Waals surface area contributed by atoms with Gasteiger partial charge >= 0.3 is 0 Å². The van der Waals surface area contributed by atoms with Gasteiger partial charge in [-0.2, -0.15) is 5.10 Å². The number of nitrogens with zero attached hydrogens (tertiary/aromatic N) is 2. The molecule has 8 heteroatoms. The fourth-order valence-electron chi connectivity index (χ4n) is 4.43. The largest absolute Gasteiger partial charge is 0.372 e. The number of para-hydroxylation sites is 1. The predicted molar refractivity (Wildman–Crippen MR) is 149 cm³/mol. The second-order valence-corrected chi connectivity index (χ2v) is 8.93. The van der Waals surface area contributed by atoms with Crippen molar-refractivity contribution in [1.29, 1.82) is 0 Å². The summed E-state index contributed by atoms with van der Waals surface area (Å²) in [6, 6.07) is 30.4. The highest BCUT2D eigenvalue weighted by atomic mass is 19.1. The van der Waals surface area contributed by atoms with Crippen molar-refractivity contribution >= 4 is 34.6 Å². The van der Waals surface area contributed by atoms with Crippen LogP contribution in [0.1, 0.15) is 16.7 Å². The van der Waals surface area contributed by atoms with E-state index in [0.29, 0.717) is 22.4 Å². The lowest BCUT2D eigenvalue weighted by atomic mass is 9.85. The van der Waals surface area contributed by atoms with Crippen LogP contribution < -0.4 is 10.7 Å². The van der Waals surface area contributed by atoms with Crippen molar-refractivity contribution in [2.75, 3.05) is 5.32 Å². The van der Waals surface area contributed by atoms with E-state index >= 15 is 0 Å². The molecule has 2 amide bonds. The normalized spacial score (nSPS) is 11.5. The van der Waals surface area contributed by atoms with Crippen molar-refractivity contribution in [1.82, 2.24) is 9.99 Å². The molecule has 7 nitrogen and oxygen atoms in total. The third-order valence-corrected chi connectivity index (χ3v) is 6.34. The molecule has 3 N–H and O–H groups in total. The average molecular weight is 521 g/mol. The first kappa shape index (κ1) is 25.6. The minimum absolute atomic E-state index is 0.0137. The Hall–Kier alpha value is -5.08. The summed E-state index contributed by atoms with van der Waals surface area (Å²) >= 11 is 0. The van der Waals surface area contributed by atoms with Gasteiger partial charge in [0.1, 0.15) is 12.4 Å². The standard InChI is InChI=1S/C31H25FN4O3/c32-25-15-17-26(18-16-25)34-29(37)21-36-20-22(27-13-7-8-14-28(27)36)19-33-35-30(38)31(39,23-9-3-1-4-10-23)24-11-5-2-6-12-24/h1-20,39H,21H2,(H,34,37)(H,35,38)/b33-19-. The lowest BCUT2D eigenvalue weighted by Gasteiger charge is -2.27. The first-order chi connectivity index (χ1) is 18.9. The molecule has 39 heavy (non-hydrogen) atoms. The molecule has 0 aliphatic heterocycles. The Morgan fingerprint density at radius 3 is 2.08 bits per heavy atom. The van der Waals surface area contributed by atoms with Gasteiger partial charge in [-0.1, -0.05) is 78.9 Å². The zero-order valence-corrected chi connectivity index (χ0v) is 20.8. The number of anilines is 1. The number of halogens is 1. The highest BCUT2D eigenvalue weighted by Gasteiger charge is 2.39. The molecule has 0 spiro atoms. The summed E-state index contributed by atoms with van der Waals surface area (Å²) in [7, 11) is 0. The van der Waals surface area contributed by atoms with E-state index < -0.39 is 11.5 Å². The number of hydrazone groups is 1. The number of benzene rings is 4. The maximum Gasteiger partial charge on any atom is 0.281 e. The SMILES string of the molecule is O=C(Cn1cc(/C=N\NC(=O)C(O)(c2ccccc2)c2ccccc2)c2ccccc21)Nc1ccc(F)cc1. The van der Waals surface area contributed by atoms with Gasteiger partial charge in [0.25, 0.3) is 5.91 Å². The first-order valence-electron chi connectivity index (χ1n) is 12.3. The van der Waals surface area contributed by atoms with Crippen LogP contribution >= 0.6 is 0 Å². The fourth-order valence-corrected chi connectivity index (χ4v) is 4.43. The number of fused-ring (bicyclic) bond motifs is 1. The van der Waals surface area contributed by atoms with Gasteiger partial charge in [-0.3, -0.25) is 9.59 Å². The van der Waals surface area contributed by atoms with Crippen LogP contribution in [0.4, 0.5) is 10.1 Å². The number of carbonyl (C=O) groups is 2. The molecule has 5 aromatic rings. The second-order valence-electron chi connectivity index (χ2n) is 8.93. The predicted octanol–water partition coefficient (Wildman–Crippen LogP) is 4.81. The molecular weight excluding hydrogens is 495 g/mol. The van der Waals surface area contributed by atoms with E-state index in [0.717, 1.165) is 10.9 Å². The number of aliphatic hydroxyl groups is 1. The number of nitrogens with one attached hydrogen (secondary N) is 2. The number of amides is 2. The zero-order valence-electron chi connectivity index (χ0n) is 20.8. The van der Waals surface area contributed by atoms with E-state index in [4.69, 9.17) is 0 Å². The molecule has 0 fully saturated rings. The van der Waals surface area contributed by atoms with E-state index in [1.165, 1.54) is 30.5 Å². The lowest BCUT2D eigenvalue weighted by molar-refractivity contribution is -0.136. The third-order valence-electron chi connectivity index (χ3n) is 6.34. The van der Waals surface area contributed by atoms with Gasteiger partial charge in [-0.15, -0.1) is 0 Å². The van der Waals surface area contributed by atoms with E-state index in [1.807, 2.05) is 24.3 Å². The Kier molecular flexibility index (Phi) is 7.29. The average Bonchev–Trinajstić information content (AvgIpc) is 3.31. The summed E-state index contributed by atoms with van der Waals surface area (Å²) in [6.07, 6.45) is 3.23. The van der Waals surface area contributed by atoms with Gasteiger partial charge in [0.05, 0.1) is 6.21 Å². The molecule has 4 aromatic carbocycles. The Bertz CT molecular complexity index is 1590. The van der Waals surface area contributed by atoms with Crippen molar-refractivity contribution in [2.45, 2.75) is 12.1 Å². The van der Waals surface area contributed by atoms with Crippen LogP contribution in [0.25, 0.3) is 10.9 Å². The molecule has 0 aliphatic rings. The van der Waals surface area contributed by atoms with Gasteiger partial charge in [-0.25, -0.2) is 9.82 Å². The topological polar surface area (TPSA) is 95.7 Å². The molecule has 0 radical (unpaired) electrons. The molecule has 0 atom stereocenters. The maximum absolute atomic E-state index is 13.3. The number of hydrogen-bond donors (Lipinski definition) is 3. The van der Waals surface area contributed by atoms with E-state index in [1.54, 1.807) is 71.4 Å². The van der Waals surface area contributed by atoms with Crippen LogP contribution in [0.2, 0.25) is 0 Å². The minimum Gasteiger partial charge on any atom is -0.372 e. The van der Waals surface area contributed by atoms with Gasteiger partial charge in [-0.05, 0) is 41.5 Å². The molecule has 0 aliphatic carbocycles. The van der Waals surface area contributed by atoms with E-state index in [-0.39, 0.29) is 18.3 Å². The quantitative estimate of drug-likeness (QED) is 0.203. The van der Waals surface area contributed by atoms with Crippen LogP contribution in [0.15, 0.2) is 120 Å². The molecular formula is C31H25FN4O3. The second kappa shape index (κ2) is 11.1. The highest BCUT2D eigenvalue weighted by molar-refractivity contribution is 6.01. The van der Waals surface area contributed by atoms with E-state index in [9.17, 15) is 19.1 Å². The Morgan fingerprint density at radius 1 is 0.846 bits per heavy atom. The van der Waals surface area contributed by atoms with Crippen LogP contribution in [-0.2, 0) is 21.7 Å². The summed E-state index contributed by atoms with van der Waals surface area (Å²) in [6.45, 7) is 0.0137. The smallest absolute Gasteiger partial charge is 0.281 e. The molecule has 0 bridgehead atoms. The summed E-state index contributed by atoms with van der Waals surface area (Å²) in [5, 5.41) is 19.3. The molecule has 194 valence electrons. The molecule has 1 aromatic heterocycles. The van der Waals surface area contributed by atoms with Crippen LogP contribution in [0.3, 0.4) is 0 Å². The molecule has 5 rings (SSSR count). The van der Waals surface area contributed by atoms with Crippen LogP contribution in [0.5, 0.6) is 0 Å². The highest BCUT2D eigenvalue weighted by Crippen LogP contribution is 2.30. The van der Waals surface area contributed by atoms with Crippen LogP contribution in [-0.4, -0.2) is 27.7 Å². The van der Waals surface area contributed by atoms with Gasteiger partial charge in [0, 0.05) is 28.4 Å². The monoisotopic (exact) mass is 520 g/mol. The van der Waals surface area contributed by atoms with Crippen molar-refractivity contribution < 1.29 is 19.1 Å². The Labute approximate surface area is 224 Å². The van der Waals surface area contributed by atoms with E-state index in [2.05, 4.69) is 15.8 Å². The van der Waals surface area contributed by atoms with Crippen LogP contribution in [0, 0.1) is 5.82 Å². The summed E-state index contributed by atoms with van der Waals surface area (Å²) in [5.41, 5.74) is 3.31. The van der Waals surface area contributed by atoms with Crippen molar-refractivity contribution in [3.05, 3.63) is 138 Å². The number of hydrogen-bond acceptors (Lipinski definition) is 4. The zero-order chi connectivity index (χ0) is 27.2. The summed E-state index contributed by atoms with van der Waals surface area (Å²) in [5.74, 6) is -1.38.